The molecule has 0 bridgehead atoms. The van der Waals surface area contributed by atoms with Gasteiger partial charge in [-0.05, 0) is 28.1 Å². The summed E-state index contributed by atoms with van der Waals surface area (Å²) in [4.78, 5) is 17.3. The maximum Gasteiger partial charge on any atom is 0.322 e. The Kier molecular flexibility index (Phi) is 3.29. The van der Waals surface area contributed by atoms with Gasteiger partial charge in [-0.3, -0.25) is 10.1 Å². The number of nitro groups is 1. The lowest BCUT2D eigenvalue weighted by molar-refractivity contribution is -0.385. The van der Waals surface area contributed by atoms with E-state index in [-0.39, 0.29) is 11.7 Å². The minimum Gasteiger partial charge on any atom is -0.423 e. The van der Waals surface area contributed by atoms with Crippen LogP contribution in [0.1, 0.15) is 0 Å². The van der Waals surface area contributed by atoms with Gasteiger partial charge in [0.1, 0.15) is 18.1 Å². The van der Waals surface area contributed by atoms with Gasteiger partial charge in [-0.1, -0.05) is 12.1 Å². The van der Waals surface area contributed by atoms with Gasteiger partial charge in [-0.2, -0.15) is 9.97 Å². The number of halogens is 1. The molecule has 0 atom stereocenters. The summed E-state index contributed by atoms with van der Waals surface area (Å²) in [6, 6.07) is 7.23. The summed E-state index contributed by atoms with van der Waals surface area (Å²) in [7, 11) is 0. The molecule has 2 rings (SSSR count). The van der Waals surface area contributed by atoms with Gasteiger partial charge < -0.3 is 4.74 Å². The lowest BCUT2D eigenvalue weighted by Gasteiger charge is -2.04. The molecule has 1 aromatic heterocycles. The Balaban J connectivity index is 2.20. The highest BCUT2D eigenvalue weighted by Gasteiger charge is 2.08. The summed E-state index contributed by atoms with van der Waals surface area (Å²) in [5.74, 6) is 0.543. The van der Waals surface area contributed by atoms with E-state index < -0.39 is 4.92 Å². The van der Waals surface area contributed by atoms with Gasteiger partial charge in [0, 0.05) is 0 Å². The van der Waals surface area contributed by atoms with E-state index in [0.717, 1.165) is 16.9 Å². The second-order valence-corrected chi connectivity index (χ2v) is 3.87. The van der Waals surface area contributed by atoms with Crippen molar-refractivity contribution in [3.05, 3.63) is 51.2 Å². The molecule has 0 aliphatic heterocycles. The fourth-order valence-corrected chi connectivity index (χ4v) is 1.45. The molecule has 2 aromatic rings. The third-order valence-corrected chi connectivity index (χ3v) is 2.52. The zero-order chi connectivity index (χ0) is 12.3. The molecular weight excluding hydrogens is 290 g/mol. The van der Waals surface area contributed by atoms with Crippen molar-refractivity contribution in [2.45, 2.75) is 0 Å². The van der Waals surface area contributed by atoms with Gasteiger partial charge in [0.25, 0.3) is 0 Å². The number of hydrogen-bond donors (Lipinski definition) is 0. The smallest absolute Gasteiger partial charge is 0.322 e. The van der Waals surface area contributed by atoms with E-state index in [2.05, 4.69) is 25.9 Å². The number of hydrogen-bond acceptors (Lipinski definition) is 5. The molecule has 6 nitrogen and oxygen atoms in total. The summed E-state index contributed by atoms with van der Waals surface area (Å²) in [6.07, 6.45) is 2.19. The molecule has 0 saturated carbocycles. The Morgan fingerprint density at radius 2 is 1.88 bits per heavy atom. The quantitative estimate of drug-likeness (QED) is 0.642. The first-order chi connectivity index (χ1) is 8.16. The van der Waals surface area contributed by atoms with Crippen LogP contribution in [0.15, 0.2) is 41.1 Å². The molecule has 0 radical (unpaired) electrons. The summed E-state index contributed by atoms with van der Waals surface area (Å²) in [5, 5.41) is 10.4. The van der Waals surface area contributed by atoms with Crippen LogP contribution < -0.4 is 4.74 Å². The summed E-state index contributed by atoms with van der Waals surface area (Å²) < 4.78 is 6.10. The maximum absolute atomic E-state index is 10.4. The fourth-order valence-electron chi connectivity index (χ4n) is 1.08. The van der Waals surface area contributed by atoms with Crippen LogP contribution in [-0.2, 0) is 0 Å². The summed E-state index contributed by atoms with van der Waals surface area (Å²) in [5.41, 5.74) is -0.176. The lowest BCUT2D eigenvalue weighted by atomic mass is 10.3. The highest BCUT2D eigenvalue weighted by molar-refractivity contribution is 9.10. The van der Waals surface area contributed by atoms with Crippen molar-refractivity contribution in [2.24, 2.45) is 0 Å². The van der Waals surface area contributed by atoms with Crippen molar-refractivity contribution in [3.63, 3.8) is 0 Å². The SMILES string of the molecule is O=[N+]([O-])c1cnc(Oc2ccccc2Br)nc1. The highest BCUT2D eigenvalue weighted by atomic mass is 79.9. The minimum atomic E-state index is -0.567. The predicted molar refractivity (Wildman–Crippen MR) is 62.9 cm³/mol. The molecule has 0 N–H and O–H groups in total. The molecule has 0 saturated heterocycles. The van der Waals surface area contributed by atoms with E-state index in [9.17, 15) is 10.1 Å². The van der Waals surface area contributed by atoms with Gasteiger partial charge in [-0.25, -0.2) is 0 Å². The average Bonchev–Trinajstić information content (AvgIpc) is 2.33. The van der Waals surface area contributed by atoms with Crippen molar-refractivity contribution in [2.75, 3.05) is 0 Å². The Bertz CT molecular complexity index is 545. The van der Waals surface area contributed by atoms with Crippen molar-refractivity contribution < 1.29 is 9.66 Å². The van der Waals surface area contributed by atoms with E-state index in [1.54, 1.807) is 18.2 Å². The van der Waals surface area contributed by atoms with Crippen molar-refractivity contribution in [1.29, 1.82) is 0 Å². The van der Waals surface area contributed by atoms with Gasteiger partial charge >= 0.3 is 11.7 Å². The van der Waals surface area contributed by atoms with Gasteiger partial charge in [0.15, 0.2) is 0 Å². The lowest BCUT2D eigenvalue weighted by Crippen LogP contribution is -1.95. The van der Waals surface area contributed by atoms with Gasteiger partial charge in [0.2, 0.25) is 0 Å². The highest BCUT2D eigenvalue weighted by Crippen LogP contribution is 2.27. The van der Waals surface area contributed by atoms with Gasteiger partial charge in [0.05, 0.1) is 9.40 Å². The first-order valence-electron chi connectivity index (χ1n) is 4.55. The normalized spacial score (nSPS) is 9.94. The summed E-state index contributed by atoms with van der Waals surface area (Å²) in [6.45, 7) is 0. The van der Waals surface area contributed by atoms with Crippen molar-refractivity contribution >= 4 is 21.6 Å². The van der Waals surface area contributed by atoms with Crippen LogP contribution >= 0.6 is 15.9 Å². The van der Waals surface area contributed by atoms with E-state index >= 15 is 0 Å². The second-order valence-electron chi connectivity index (χ2n) is 3.01. The average molecular weight is 296 g/mol. The molecule has 0 aliphatic carbocycles. The molecular formula is C10H6BrN3O3. The monoisotopic (exact) mass is 295 g/mol. The standard InChI is InChI=1S/C10H6BrN3O3/c11-8-3-1-2-4-9(8)17-10-12-5-7(6-13-10)14(15)16/h1-6H. The second kappa shape index (κ2) is 4.88. The summed E-state index contributed by atoms with van der Waals surface area (Å²) >= 11 is 3.30. The van der Waals surface area contributed by atoms with Crippen LogP contribution in [0.3, 0.4) is 0 Å². The third-order valence-electron chi connectivity index (χ3n) is 1.86. The van der Waals surface area contributed by atoms with Crippen LogP contribution in [0, 0.1) is 10.1 Å². The Hall–Kier alpha value is -2.02. The molecule has 0 amide bonds. The van der Waals surface area contributed by atoms with Crippen LogP contribution in [0.25, 0.3) is 0 Å². The third kappa shape index (κ3) is 2.76. The predicted octanol–water partition coefficient (Wildman–Crippen LogP) is 2.94. The topological polar surface area (TPSA) is 78.2 Å². The van der Waals surface area contributed by atoms with Crippen molar-refractivity contribution in [1.82, 2.24) is 9.97 Å². The van der Waals surface area contributed by atoms with Crippen LogP contribution in [-0.4, -0.2) is 14.9 Å². The molecule has 86 valence electrons. The van der Waals surface area contributed by atoms with Crippen LogP contribution in [0.2, 0.25) is 0 Å². The number of para-hydroxylation sites is 1. The first kappa shape index (κ1) is 11.5. The number of ether oxygens (including phenoxy) is 1. The Labute approximate surface area is 105 Å². The molecule has 0 aliphatic rings. The van der Waals surface area contributed by atoms with Crippen LogP contribution in [0.4, 0.5) is 5.69 Å². The molecule has 0 fully saturated rings. The molecule has 1 aromatic carbocycles. The van der Waals surface area contributed by atoms with Crippen molar-refractivity contribution in [3.8, 4) is 11.8 Å². The molecule has 0 unspecified atom stereocenters. The fraction of sp³-hybridized carbons (Fsp3) is 0. The van der Waals surface area contributed by atoms with Gasteiger partial charge in [-0.15, -0.1) is 0 Å². The minimum absolute atomic E-state index is 0.0579. The maximum atomic E-state index is 10.4. The van der Waals surface area contributed by atoms with E-state index in [0.29, 0.717) is 5.75 Å². The van der Waals surface area contributed by atoms with E-state index in [1.807, 2.05) is 6.07 Å². The largest absolute Gasteiger partial charge is 0.423 e. The number of aromatic nitrogens is 2. The Morgan fingerprint density at radius 1 is 1.24 bits per heavy atom. The molecule has 17 heavy (non-hydrogen) atoms. The molecule has 0 spiro atoms. The van der Waals surface area contributed by atoms with Crippen LogP contribution in [0.5, 0.6) is 11.8 Å². The Morgan fingerprint density at radius 3 is 2.47 bits per heavy atom. The van der Waals surface area contributed by atoms with E-state index in [1.165, 1.54) is 0 Å². The molecule has 7 heteroatoms. The van der Waals surface area contributed by atoms with E-state index in [4.69, 9.17) is 4.74 Å². The zero-order valence-electron chi connectivity index (χ0n) is 8.41. The first-order valence-corrected chi connectivity index (χ1v) is 5.35. The number of rotatable bonds is 3. The number of nitrogens with zero attached hydrogens (tertiary/aromatic N) is 3. The molecule has 1 heterocycles. The zero-order valence-corrected chi connectivity index (χ0v) is 9.99. The number of benzene rings is 1.